The van der Waals surface area contributed by atoms with Crippen LogP contribution in [0.1, 0.15) is 36.8 Å². The van der Waals surface area contributed by atoms with Gasteiger partial charge in [-0.25, -0.2) is 4.79 Å². The minimum Gasteiger partial charge on any atom is -0.481 e. The Labute approximate surface area is 203 Å². The molecule has 2 aliphatic rings. The first-order valence-electron chi connectivity index (χ1n) is 11.7. The second kappa shape index (κ2) is 11.0. The summed E-state index contributed by atoms with van der Waals surface area (Å²) in [6.45, 7) is 3.06. The lowest BCUT2D eigenvalue weighted by Crippen LogP contribution is -2.49. The molecule has 1 aliphatic carbocycles. The predicted octanol–water partition coefficient (Wildman–Crippen LogP) is 3.97. The zero-order chi connectivity index (χ0) is 24.1. The number of likely N-dealkylation sites (tertiary alicyclic amines) is 1. The maximum absolute atomic E-state index is 12.5. The van der Waals surface area contributed by atoms with Gasteiger partial charge in [0.25, 0.3) is 0 Å². The van der Waals surface area contributed by atoms with Crippen LogP contribution in [0.3, 0.4) is 0 Å². The number of nitrogens with zero attached hydrogens (tertiary/aromatic N) is 1. The van der Waals surface area contributed by atoms with E-state index in [1.807, 2.05) is 24.3 Å². The summed E-state index contributed by atoms with van der Waals surface area (Å²) in [7, 11) is 0. The summed E-state index contributed by atoms with van der Waals surface area (Å²) in [5, 5.41) is 12.1. The van der Waals surface area contributed by atoms with Crippen LogP contribution in [0.2, 0.25) is 0 Å². The molecular weight excluding hydrogens is 452 g/mol. The zero-order valence-electron chi connectivity index (χ0n) is 19.2. The maximum atomic E-state index is 12.5. The SMILES string of the molecule is CC1C(C(=O)O)CCCN1C(=O)CSCCNC(=O)OCC1c2ccccc2-c2ccccc21. The number of ether oxygens (including phenoxy) is 1. The highest BCUT2D eigenvalue weighted by atomic mass is 32.2. The minimum atomic E-state index is -0.843. The number of thioether (sulfide) groups is 1. The number of aliphatic carboxylic acids is 1. The molecule has 180 valence electrons. The quantitative estimate of drug-likeness (QED) is 0.553. The van der Waals surface area contributed by atoms with Crippen molar-refractivity contribution in [3.63, 3.8) is 0 Å². The Morgan fingerprint density at radius 2 is 1.74 bits per heavy atom. The predicted molar refractivity (Wildman–Crippen MR) is 132 cm³/mol. The summed E-state index contributed by atoms with van der Waals surface area (Å²) < 4.78 is 5.52. The third-order valence-corrected chi connectivity index (χ3v) is 7.65. The standard InChI is InChI=1S/C26H30N2O5S/c1-17-18(25(30)31)11-6-13-28(17)24(29)16-34-14-12-27-26(32)33-15-23-21-9-4-2-7-19(21)20-8-3-5-10-22(20)23/h2-5,7-10,17-18,23H,6,11-16H2,1H3,(H,27,32)(H,30,31). The van der Waals surface area contributed by atoms with Crippen molar-refractivity contribution in [1.82, 2.24) is 10.2 Å². The van der Waals surface area contributed by atoms with Crippen molar-refractivity contribution >= 4 is 29.7 Å². The lowest BCUT2D eigenvalue weighted by Gasteiger charge is -2.37. The second-order valence-corrected chi connectivity index (χ2v) is 9.82. The Balaban J connectivity index is 1.18. The number of hydrogen-bond donors (Lipinski definition) is 2. The van der Waals surface area contributed by atoms with Crippen LogP contribution in [0.5, 0.6) is 0 Å². The molecule has 34 heavy (non-hydrogen) atoms. The van der Waals surface area contributed by atoms with E-state index in [1.165, 1.54) is 34.0 Å². The fraction of sp³-hybridized carbons (Fsp3) is 0.423. The van der Waals surface area contributed by atoms with E-state index in [9.17, 15) is 19.5 Å². The van der Waals surface area contributed by atoms with Gasteiger partial charge in [-0.1, -0.05) is 48.5 Å². The van der Waals surface area contributed by atoms with Crippen molar-refractivity contribution in [1.29, 1.82) is 0 Å². The van der Waals surface area contributed by atoms with Crippen LogP contribution >= 0.6 is 11.8 Å². The van der Waals surface area contributed by atoms with Gasteiger partial charge in [0, 0.05) is 30.8 Å². The van der Waals surface area contributed by atoms with E-state index in [0.29, 0.717) is 31.7 Å². The number of carboxylic acid groups (broad SMARTS) is 1. The molecule has 0 aromatic heterocycles. The molecular formula is C26H30N2O5S. The average Bonchev–Trinajstić information content (AvgIpc) is 3.16. The van der Waals surface area contributed by atoms with Crippen molar-refractivity contribution in [2.45, 2.75) is 31.7 Å². The smallest absolute Gasteiger partial charge is 0.407 e. The molecule has 0 spiro atoms. The van der Waals surface area contributed by atoms with Gasteiger partial charge in [-0.15, -0.1) is 0 Å². The number of alkyl carbamates (subject to hydrolysis) is 1. The lowest BCUT2D eigenvalue weighted by molar-refractivity contribution is -0.148. The van der Waals surface area contributed by atoms with Crippen LogP contribution < -0.4 is 5.32 Å². The van der Waals surface area contributed by atoms with Crippen LogP contribution in [0, 0.1) is 5.92 Å². The molecule has 0 bridgehead atoms. The van der Waals surface area contributed by atoms with Gasteiger partial charge in [0.05, 0.1) is 11.7 Å². The molecule has 2 unspecified atom stereocenters. The Bertz CT molecular complexity index is 1010. The normalized spacial score (nSPS) is 19.3. The van der Waals surface area contributed by atoms with E-state index in [4.69, 9.17) is 4.74 Å². The van der Waals surface area contributed by atoms with Crippen molar-refractivity contribution in [2.24, 2.45) is 5.92 Å². The van der Waals surface area contributed by atoms with E-state index >= 15 is 0 Å². The molecule has 2 N–H and O–H groups in total. The first-order chi connectivity index (χ1) is 16.5. The van der Waals surface area contributed by atoms with Crippen LogP contribution in [0.15, 0.2) is 48.5 Å². The van der Waals surface area contributed by atoms with Crippen LogP contribution in [-0.4, -0.2) is 65.2 Å². The number of carboxylic acids is 1. The number of amides is 2. The first kappa shape index (κ1) is 24.1. The third kappa shape index (κ3) is 5.22. The van der Waals surface area contributed by atoms with E-state index < -0.39 is 18.0 Å². The van der Waals surface area contributed by atoms with Gasteiger partial charge < -0.3 is 20.1 Å². The maximum Gasteiger partial charge on any atom is 0.407 e. The Kier molecular flexibility index (Phi) is 7.77. The van der Waals surface area contributed by atoms with Crippen LogP contribution in [0.4, 0.5) is 4.79 Å². The molecule has 1 heterocycles. The molecule has 7 nitrogen and oxygen atoms in total. The number of rotatable bonds is 8. The zero-order valence-corrected chi connectivity index (χ0v) is 20.1. The Hall–Kier alpha value is -3.00. The number of hydrogen-bond acceptors (Lipinski definition) is 5. The highest BCUT2D eigenvalue weighted by Crippen LogP contribution is 2.44. The summed E-state index contributed by atoms with van der Waals surface area (Å²) >= 11 is 1.42. The molecule has 2 aromatic rings. The number of carbonyl (C=O) groups is 3. The topological polar surface area (TPSA) is 95.9 Å². The molecule has 1 aliphatic heterocycles. The lowest BCUT2D eigenvalue weighted by atomic mass is 9.90. The van der Waals surface area contributed by atoms with Crippen molar-refractivity contribution in [3.05, 3.63) is 59.7 Å². The number of nitrogens with one attached hydrogen (secondary N) is 1. The number of piperidine rings is 1. The fourth-order valence-electron chi connectivity index (χ4n) is 4.94. The molecule has 2 aromatic carbocycles. The van der Waals surface area contributed by atoms with E-state index in [1.54, 1.807) is 11.8 Å². The van der Waals surface area contributed by atoms with E-state index in [2.05, 4.69) is 29.6 Å². The van der Waals surface area contributed by atoms with E-state index in [-0.39, 0.29) is 30.2 Å². The number of fused-ring (bicyclic) bond motifs is 3. The summed E-state index contributed by atoms with van der Waals surface area (Å²) in [5.41, 5.74) is 4.71. The molecule has 0 saturated carbocycles. The third-order valence-electron chi connectivity index (χ3n) is 6.71. The minimum absolute atomic E-state index is 0.0197. The molecule has 8 heteroatoms. The molecule has 0 radical (unpaired) electrons. The first-order valence-corrected chi connectivity index (χ1v) is 12.8. The van der Waals surface area contributed by atoms with E-state index in [0.717, 1.165) is 0 Å². The average molecular weight is 483 g/mol. The highest BCUT2D eigenvalue weighted by molar-refractivity contribution is 7.99. The molecule has 1 fully saturated rings. The van der Waals surface area contributed by atoms with Gasteiger partial charge in [-0.3, -0.25) is 9.59 Å². The van der Waals surface area contributed by atoms with Crippen LogP contribution in [0.25, 0.3) is 11.1 Å². The molecule has 4 rings (SSSR count). The van der Waals surface area contributed by atoms with Gasteiger partial charge in [-0.05, 0) is 42.0 Å². The largest absolute Gasteiger partial charge is 0.481 e. The van der Waals surface area contributed by atoms with Crippen LogP contribution in [-0.2, 0) is 14.3 Å². The highest BCUT2D eigenvalue weighted by Gasteiger charge is 2.35. The number of benzene rings is 2. The van der Waals surface area contributed by atoms with Gasteiger partial charge in [0.1, 0.15) is 6.61 Å². The molecule has 2 amide bonds. The monoisotopic (exact) mass is 482 g/mol. The second-order valence-electron chi connectivity index (χ2n) is 8.72. The summed E-state index contributed by atoms with van der Waals surface area (Å²) in [6, 6.07) is 16.1. The van der Waals surface area contributed by atoms with Crippen molar-refractivity contribution < 1.29 is 24.2 Å². The summed E-state index contributed by atoms with van der Waals surface area (Å²) in [6.07, 6.45) is 0.848. The molecule has 2 atom stereocenters. The summed E-state index contributed by atoms with van der Waals surface area (Å²) in [4.78, 5) is 37.8. The van der Waals surface area contributed by atoms with Gasteiger partial charge >= 0.3 is 12.1 Å². The van der Waals surface area contributed by atoms with Gasteiger partial charge in [0.15, 0.2) is 0 Å². The van der Waals surface area contributed by atoms with Crippen molar-refractivity contribution in [2.75, 3.05) is 31.2 Å². The summed E-state index contributed by atoms with van der Waals surface area (Å²) in [5.74, 6) is -0.539. The number of carbonyl (C=O) groups excluding carboxylic acids is 2. The van der Waals surface area contributed by atoms with Gasteiger partial charge in [-0.2, -0.15) is 11.8 Å². The Morgan fingerprint density at radius 3 is 2.38 bits per heavy atom. The molecule has 1 saturated heterocycles. The van der Waals surface area contributed by atoms with Crippen molar-refractivity contribution in [3.8, 4) is 11.1 Å². The van der Waals surface area contributed by atoms with Gasteiger partial charge in [0.2, 0.25) is 5.91 Å². The Morgan fingerprint density at radius 1 is 1.09 bits per heavy atom. The fourth-order valence-corrected chi connectivity index (χ4v) is 5.67.